The van der Waals surface area contributed by atoms with E-state index in [1.165, 1.54) is 0 Å². The average molecular weight is 316 g/mol. The van der Waals surface area contributed by atoms with Crippen molar-refractivity contribution in [2.45, 2.75) is 44.2 Å². The molecule has 3 rings (SSSR count). The van der Waals surface area contributed by atoms with Gasteiger partial charge in [0.25, 0.3) is 0 Å². The van der Waals surface area contributed by atoms with E-state index in [-0.39, 0.29) is 23.8 Å². The van der Waals surface area contributed by atoms with E-state index in [1.807, 2.05) is 35.2 Å². The Balaban J connectivity index is 1.72. The Morgan fingerprint density at radius 2 is 2.04 bits per heavy atom. The highest BCUT2D eigenvalue weighted by Gasteiger charge is 2.33. The topological polar surface area (TPSA) is 69.6 Å². The van der Waals surface area contributed by atoms with E-state index in [0.717, 1.165) is 31.4 Å². The summed E-state index contributed by atoms with van der Waals surface area (Å²) in [4.78, 5) is 26.3. The molecule has 1 saturated heterocycles. The standard InChI is InChI=1S/C18H24N2O3/c21-16-9-4-8-14(16)18(23)19-15(13-6-2-1-3-7-13)12-20-11-5-10-17(20)22/h1-3,6-7,14-16,21H,4-5,8-12H2,(H,19,23). The summed E-state index contributed by atoms with van der Waals surface area (Å²) in [6.45, 7) is 1.25. The maximum atomic E-state index is 12.5. The third kappa shape index (κ3) is 3.72. The molecule has 1 saturated carbocycles. The van der Waals surface area contributed by atoms with Crippen LogP contribution in [0.15, 0.2) is 30.3 Å². The third-order valence-corrected chi connectivity index (χ3v) is 4.91. The first-order chi connectivity index (χ1) is 11.1. The van der Waals surface area contributed by atoms with Gasteiger partial charge in [0.2, 0.25) is 11.8 Å². The predicted molar refractivity (Wildman–Crippen MR) is 86.5 cm³/mol. The molecule has 1 heterocycles. The second-order valence-corrected chi connectivity index (χ2v) is 6.52. The van der Waals surface area contributed by atoms with Crippen molar-refractivity contribution in [3.8, 4) is 0 Å². The number of nitrogens with zero attached hydrogens (tertiary/aromatic N) is 1. The van der Waals surface area contributed by atoms with Crippen molar-refractivity contribution in [1.29, 1.82) is 0 Å². The van der Waals surface area contributed by atoms with Gasteiger partial charge >= 0.3 is 0 Å². The Hall–Kier alpha value is -1.88. The van der Waals surface area contributed by atoms with Crippen LogP contribution in [-0.2, 0) is 9.59 Å². The number of hydrogen-bond donors (Lipinski definition) is 2. The number of carbonyl (C=O) groups is 2. The van der Waals surface area contributed by atoms with Crippen LogP contribution in [-0.4, -0.2) is 41.0 Å². The molecule has 5 heteroatoms. The molecule has 1 aromatic rings. The molecule has 0 radical (unpaired) electrons. The summed E-state index contributed by atoms with van der Waals surface area (Å²) in [6, 6.07) is 9.52. The summed E-state index contributed by atoms with van der Waals surface area (Å²) in [5, 5.41) is 13.0. The lowest BCUT2D eigenvalue weighted by Crippen LogP contribution is -2.42. The van der Waals surface area contributed by atoms with E-state index in [1.54, 1.807) is 0 Å². The van der Waals surface area contributed by atoms with Gasteiger partial charge in [-0.1, -0.05) is 30.3 Å². The van der Waals surface area contributed by atoms with Crippen LogP contribution in [0.3, 0.4) is 0 Å². The van der Waals surface area contributed by atoms with Crippen molar-refractivity contribution in [2.75, 3.05) is 13.1 Å². The number of amides is 2. The van der Waals surface area contributed by atoms with Gasteiger partial charge in [-0.3, -0.25) is 9.59 Å². The Bertz CT molecular complexity index is 561. The highest BCUT2D eigenvalue weighted by Crippen LogP contribution is 2.27. The van der Waals surface area contributed by atoms with Crippen LogP contribution in [0.1, 0.15) is 43.7 Å². The van der Waals surface area contributed by atoms with Gasteiger partial charge in [0.1, 0.15) is 0 Å². The first-order valence-corrected chi connectivity index (χ1v) is 8.46. The molecule has 2 fully saturated rings. The molecule has 23 heavy (non-hydrogen) atoms. The SMILES string of the molecule is O=C(NC(CN1CCCC1=O)c1ccccc1)C1CCCC1O. The number of likely N-dealkylation sites (tertiary alicyclic amines) is 1. The van der Waals surface area contributed by atoms with Crippen LogP contribution < -0.4 is 5.32 Å². The lowest BCUT2D eigenvalue weighted by Gasteiger charge is -2.27. The first-order valence-electron chi connectivity index (χ1n) is 8.46. The number of aliphatic hydroxyl groups is 1. The monoisotopic (exact) mass is 316 g/mol. The Labute approximate surface area is 136 Å². The third-order valence-electron chi connectivity index (χ3n) is 4.91. The Morgan fingerprint density at radius 3 is 2.65 bits per heavy atom. The molecular weight excluding hydrogens is 292 g/mol. The van der Waals surface area contributed by atoms with E-state index in [0.29, 0.717) is 19.4 Å². The molecule has 1 aliphatic heterocycles. The van der Waals surface area contributed by atoms with Crippen LogP contribution in [0.4, 0.5) is 0 Å². The van der Waals surface area contributed by atoms with E-state index in [2.05, 4.69) is 5.32 Å². The second-order valence-electron chi connectivity index (χ2n) is 6.52. The molecule has 0 spiro atoms. The van der Waals surface area contributed by atoms with Gasteiger partial charge in [-0.25, -0.2) is 0 Å². The molecule has 3 atom stereocenters. The maximum Gasteiger partial charge on any atom is 0.226 e. The van der Waals surface area contributed by atoms with Crippen molar-refractivity contribution in [3.05, 3.63) is 35.9 Å². The van der Waals surface area contributed by atoms with E-state index in [4.69, 9.17) is 0 Å². The fourth-order valence-corrected chi connectivity index (χ4v) is 3.56. The molecule has 1 aliphatic carbocycles. The van der Waals surface area contributed by atoms with Crippen LogP contribution in [0.25, 0.3) is 0 Å². The van der Waals surface area contributed by atoms with Crippen LogP contribution in [0.5, 0.6) is 0 Å². The number of rotatable bonds is 5. The van der Waals surface area contributed by atoms with E-state index < -0.39 is 6.10 Å². The van der Waals surface area contributed by atoms with Crippen LogP contribution in [0, 0.1) is 5.92 Å². The largest absolute Gasteiger partial charge is 0.392 e. The van der Waals surface area contributed by atoms with Crippen molar-refractivity contribution in [2.24, 2.45) is 5.92 Å². The van der Waals surface area contributed by atoms with Crippen LogP contribution in [0.2, 0.25) is 0 Å². The molecule has 2 aliphatic rings. The second kappa shape index (κ2) is 7.13. The summed E-state index contributed by atoms with van der Waals surface area (Å²) in [5.41, 5.74) is 0.994. The van der Waals surface area contributed by atoms with Gasteiger partial charge in [0.05, 0.1) is 18.1 Å². The molecule has 0 bridgehead atoms. The molecule has 2 amide bonds. The fourth-order valence-electron chi connectivity index (χ4n) is 3.56. The summed E-state index contributed by atoms with van der Waals surface area (Å²) in [6.07, 6.45) is 3.25. The summed E-state index contributed by atoms with van der Waals surface area (Å²) < 4.78 is 0. The summed E-state index contributed by atoms with van der Waals surface area (Å²) >= 11 is 0. The molecule has 3 unspecified atom stereocenters. The van der Waals surface area contributed by atoms with Gasteiger partial charge in [-0.2, -0.15) is 0 Å². The number of benzene rings is 1. The number of carbonyl (C=O) groups excluding carboxylic acids is 2. The first kappa shape index (κ1) is 16.0. The number of hydrogen-bond acceptors (Lipinski definition) is 3. The molecule has 124 valence electrons. The molecule has 0 aromatic heterocycles. The smallest absolute Gasteiger partial charge is 0.226 e. The zero-order valence-electron chi connectivity index (χ0n) is 13.3. The zero-order chi connectivity index (χ0) is 16.2. The lowest BCUT2D eigenvalue weighted by molar-refractivity contribution is -0.131. The molecule has 1 aromatic carbocycles. The molecule has 5 nitrogen and oxygen atoms in total. The summed E-state index contributed by atoms with van der Waals surface area (Å²) in [5.74, 6) is -0.271. The van der Waals surface area contributed by atoms with Crippen molar-refractivity contribution in [1.82, 2.24) is 10.2 Å². The van der Waals surface area contributed by atoms with E-state index >= 15 is 0 Å². The van der Waals surface area contributed by atoms with E-state index in [9.17, 15) is 14.7 Å². The quantitative estimate of drug-likeness (QED) is 0.867. The highest BCUT2D eigenvalue weighted by atomic mass is 16.3. The molecule has 2 N–H and O–H groups in total. The average Bonchev–Trinajstić information content (AvgIpc) is 3.16. The van der Waals surface area contributed by atoms with Gasteiger partial charge < -0.3 is 15.3 Å². The maximum absolute atomic E-state index is 12.5. The van der Waals surface area contributed by atoms with Gasteiger partial charge in [-0.15, -0.1) is 0 Å². The van der Waals surface area contributed by atoms with Gasteiger partial charge in [0.15, 0.2) is 0 Å². The Kier molecular flexibility index (Phi) is 4.96. The fraction of sp³-hybridized carbons (Fsp3) is 0.556. The Morgan fingerprint density at radius 1 is 1.26 bits per heavy atom. The normalized spacial score (nSPS) is 25.6. The molecular formula is C18H24N2O3. The lowest BCUT2D eigenvalue weighted by atomic mass is 10.0. The minimum atomic E-state index is -0.542. The van der Waals surface area contributed by atoms with Crippen LogP contribution >= 0.6 is 0 Å². The summed E-state index contributed by atoms with van der Waals surface area (Å²) in [7, 11) is 0. The minimum absolute atomic E-state index is 0.101. The van der Waals surface area contributed by atoms with Crippen molar-refractivity contribution in [3.63, 3.8) is 0 Å². The van der Waals surface area contributed by atoms with Gasteiger partial charge in [-0.05, 0) is 31.2 Å². The highest BCUT2D eigenvalue weighted by molar-refractivity contribution is 5.80. The number of nitrogens with one attached hydrogen (secondary N) is 1. The zero-order valence-corrected chi connectivity index (χ0v) is 13.3. The van der Waals surface area contributed by atoms with Gasteiger partial charge in [0, 0.05) is 19.5 Å². The number of aliphatic hydroxyl groups excluding tert-OH is 1. The van der Waals surface area contributed by atoms with Crippen molar-refractivity contribution >= 4 is 11.8 Å². The predicted octanol–water partition coefficient (Wildman–Crippen LogP) is 1.63. The van der Waals surface area contributed by atoms with Crippen molar-refractivity contribution < 1.29 is 14.7 Å². The minimum Gasteiger partial charge on any atom is -0.392 e.